The second-order valence-corrected chi connectivity index (χ2v) is 2.76. The van der Waals surface area contributed by atoms with Crippen LogP contribution in [0.25, 0.3) is 0 Å². The van der Waals surface area contributed by atoms with Gasteiger partial charge in [0.2, 0.25) is 0 Å². The van der Waals surface area contributed by atoms with Gasteiger partial charge in [0.15, 0.2) is 5.78 Å². The molecular formula is C6H10O6. The number of aliphatic hydroxyl groups excluding tert-OH is 5. The summed E-state index contributed by atoms with van der Waals surface area (Å²) in [7, 11) is 0. The van der Waals surface area contributed by atoms with E-state index < -0.39 is 36.3 Å². The molecule has 0 spiro atoms. The maximum Gasteiger partial charge on any atom is 0.195 e. The summed E-state index contributed by atoms with van der Waals surface area (Å²) < 4.78 is 0. The smallest absolute Gasteiger partial charge is 0.195 e. The van der Waals surface area contributed by atoms with Crippen molar-refractivity contribution in [2.75, 3.05) is 0 Å². The van der Waals surface area contributed by atoms with Gasteiger partial charge in [-0.05, 0) is 0 Å². The van der Waals surface area contributed by atoms with Gasteiger partial charge in [0.25, 0.3) is 0 Å². The quantitative estimate of drug-likeness (QED) is 0.261. The van der Waals surface area contributed by atoms with E-state index in [-0.39, 0.29) is 0 Å². The Morgan fingerprint density at radius 1 is 0.750 bits per heavy atom. The van der Waals surface area contributed by atoms with Gasteiger partial charge in [-0.25, -0.2) is 0 Å². The van der Waals surface area contributed by atoms with E-state index in [9.17, 15) is 4.79 Å². The van der Waals surface area contributed by atoms with Crippen LogP contribution in [0.2, 0.25) is 0 Å². The molecule has 0 radical (unpaired) electrons. The molecule has 3 unspecified atom stereocenters. The zero-order valence-electron chi connectivity index (χ0n) is 6.03. The molecule has 6 nitrogen and oxygen atoms in total. The molecule has 0 aromatic carbocycles. The zero-order chi connectivity index (χ0) is 9.46. The Hall–Kier alpha value is -0.530. The van der Waals surface area contributed by atoms with Crippen LogP contribution in [-0.2, 0) is 4.79 Å². The van der Waals surface area contributed by atoms with Gasteiger partial charge in [-0.2, -0.15) is 0 Å². The van der Waals surface area contributed by atoms with Crippen LogP contribution in [0.3, 0.4) is 0 Å². The lowest BCUT2D eigenvalue weighted by molar-refractivity contribution is -0.185. The Labute approximate surface area is 67.7 Å². The first-order valence-electron chi connectivity index (χ1n) is 3.41. The molecule has 0 aromatic rings. The minimum atomic E-state index is -1.83. The van der Waals surface area contributed by atoms with E-state index in [0.29, 0.717) is 0 Å². The third-order valence-corrected chi connectivity index (χ3v) is 1.93. The van der Waals surface area contributed by atoms with Gasteiger partial charge in [-0.15, -0.1) is 0 Å². The standard InChI is InChI=1S/C6H10O6/c7-1-2(8)4(10)6(12)5(11)3(1)9/h1-5,7-11H/t1-,2?,3?,4+,5?/m0/s1. The number of Topliss-reactive ketones (excluding diaryl/α,β-unsaturated/α-hetero) is 1. The maximum absolute atomic E-state index is 10.8. The molecule has 0 aliphatic heterocycles. The molecule has 0 heterocycles. The van der Waals surface area contributed by atoms with Gasteiger partial charge < -0.3 is 25.5 Å². The number of ketones is 1. The van der Waals surface area contributed by atoms with E-state index in [1.54, 1.807) is 0 Å². The summed E-state index contributed by atoms with van der Waals surface area (Å²) in [5, 5.41) is 44.5. The number of rotatable bonds is 0. The molecule has 0 bridgehead atoms. The Morgan fingerprint density at radius 3 is 1.42 bits per heavy atom. The number of aliphatic hydroxyl groups is 5. The van der Waals surface area contributed by atoms with E-state index in [0.717, 1.165) is 0 Å². The van der Waals surface area contributed by atoms with Crippen molar-refractivity contribution in [2.45, 2.75) is 30.5 Å². The Morgan fingerprint density at radius 2 is 1.08 bits per heavy atom. The van der Waals surface area contributed by atoms with E-state index in [1.807, 2.05) is 0 Å². The van der Waals surface area contributed by atoms with Crippen molar-refractivity contribution in [2.24, 2.45) is 0 Å². The fourth-order valence-corrected chi connectivity index (χ4v) is 1.09. The maximum atomic E-state index is 10.8. The van der Waals surface area contributed by atoms with Gasteiger partial charge >= 0.3 is 0 Å². The topological polar surface area (TPSA) is 118 Å². The lowest BCUT2D eigenvalue weighted by atomic mass is 9.86. The van der Waals surface area contributed by atoms with Gasteiger partial charge in [0.05, 0.1) is 0 Å². The van der Waals surface area contributed by atoms with Gasteiger partial charge in [0, 0.05) is 0 Å². The van der Waals surface area contributed by atoms with Crippen molar-refractivity contribution in [1.82, 2.24) is 0 Å². The molecule has 1 saturated carbocycles. The third kappa shape index (κ3) is 1.23. The van der Waals surface area contributed by atoms with E-state index in [1.165, 1.54) is 0 Å². The Bertz CT molecular complexity index is 174. The Balaban J connectivity index is 2.83. The second-order valence-electron chi connectivity index (χ2n) is 2.76. The van der Waals surface area contributed by atoms with Gasteiger partial charge in [-0.3, -0.25) is 4.79 Å². The summed E-state index contributed by atoms with van der Waals surface area (Å²) >= 11 is 0. The summed E-state index contributed by atoms with van der Waals surface area (Å²) in [6, 6.07) is 0. The number of carbonyl (C=O) groups excluding carboxylic acids is 1. The molecule has 12 heavy (non-hydrogen) atoms. The second kappa shape index (κ2) is 3.08. The normalized spacial score (nSPS) is 49.4. The molecule has 70 valence electrons. The highest BCUT2D eigenvalue weighted by Gasteiger charge is 2.47. The van der Waals surface area contributed by atoms with Crippen molar-refractivity contribution in [3.8, 4) is 0 Å². The van der Waals surface area contributed by atoms with Crippen LogP contribution in [0.5, 0.6) is 0 Å². The largest absolute Gasteiger partial charge is 0.387 e. The minimum absolute atomic E-state index is 1.08. The van der Waals surface area contributed by atoms with Crippen LogP contribution < -0.4 is 0 Å². The number of carbonyl (C=O) groups is 1. The molecule has 1 aliphatic rings. The average molecular weight is 178 g/mol. The first-order chi connectivity index (χ1) is 5.46. The monoisotopic (exact) mass is 178 g/mol. The summed E-state index contributed by atoms with van der Waals surface area (Å²) in [4.78, 5) is 10.8. The predicted octanol–water partition coefficient (Wildman–Crippen LogP) is -3.63. The molecule has 0 saturated heterocycles. The summed E-state index contributed by atoms with van der Waals surface area (Å²) in [6.45, 7) is 0. The van der Waals surface area contributed by atoms with Crippen molar-refractivity contribution in [3.05, 3.63) is 0 Å². The van der Waals surface area contributed by atoms with Crippen LogP contribution in [0.15, 0.2) is 0 Å². The van der Waals surface area contributed by atoms with Crippen molar-refractivity contribution >= 4 is 5.78 Å². The summed E-state index contributed by atoms with van der Waals surface area (Å²) in [6.07, 6.45) is -8.85. The molecule has 5 N–H and O–H groups in total. The summed E-state index contributed by atoms with van der Waals surface area (Å²) in [5.41, 5.74) is 0. The van der Waals surface area contributed by atoms with E-state index in [2.05, 4.69) is 0 Å². The van der Waals surface area contributed by atoms with Crippen molar-refractivity contribution < 1.29 is 30.3 Å². The van der Waals surface area contributed by atoms with Crippen LogP contribution in [0, 0.1) is 0 Å². The van der Waals surface area contributed by atoms with Crippen LogP contribution >= 0.6 is 0 Å². The molecule has 0 aromatic heterocycles. The van der Waals surface area contributed by atoms with E-state index >= 15 is 0 Å². The first kappa shape index (κ1) is 9.56. The highest BCUT2D eigenvalue weighted by Crippen LogP contribution is 2.17. The van der Waals surface area contributed by atoms with E-state index in [4.69, 9.17) is 25.5 Å². The Kier molecular flexibility index (Phi) is 2.45. The molecule has 6 heteroatoms. The predicted molar refractivity (Wildman–Crippen MR) is 35.0 cm³/mol. The average Bonchev–Trinajstić information content (AvgIpc) is 2.08. The fraction of sp³-hybridized carbons (Fsp3) is 0.833. The number of hydrogen-bond acceptors (Lipinski definition) is 6. The van der Waals surface area contributed by atoms with Crippen LogP contribution in [0.1, 0.15) is 0 Å². The van der Waals surface area contributed by atoms with Gasteiger partial charge in [-0.1, -0.05) is 0 Å². The van der Waals surface area contributed by atoms with Gasteiger partial charge in [0.1, 0.15) is 30.5 Å². The minimum Gasteiger partial charge on any atom is -0.387 e. The molecular weight excluding hydrogens is 168 g/mol. The SMILES string of the molecule is O=C1C(O)C(O)[C@@H](O)C(O)[C@H]1O. The third-order valence-electron chi connectivity index (χ3n) is 1.93. The molecule has 1 aliphatic carbocycles. The fourth-order valence-electron chi connectivity index (χ4n) is 1.09. The summed E-state index contributed by atoms with van der Waals surface area (Å²) in [5.74, 6) is -1.08. The van der Waals surface area contributed by atoms with Crippen LogP contribution in [0.4, 0.5) is 0 Å². The highest BCUT2D eigenvalue weighted by molar-refractivity contribution is 5.89. The van der Waals surface area contributed by atoms with Crippen LogP contribution in [-0.4, -0.2) is 61.8 Å². The lowest BCUT2D eigenvalue weighted by Crippen LogP contribution is -2.61. The van der Waals surface area contributed by atoms with Crippen molar-refractivity contribution in [3.63, 3.8) is 0 Å². The first-order valence-corrected chi connectivity index (χ1v) is 3.41. The van der Waals surface area contributed by atoms with Crippen molar-refractivity contribution in [1.29, 1.82) is 0 Å². The molecule has 0 amide bonds. The highest BCUT2D eigenvalue weighted by atomic mass is 16.4. The molecule has 1 rings (SSSR count). The lowest BCUT2D eigenvalue weighted by Gasteiger charge is -2.34. The zero-order valence-corrected chi connectivity index (χ0v) is 6.03. The molecule has 5 atom stereocenters. The number of hydrogen-bond donors (Lipinski definition) is 5. The molecule has 1 fully saturated rings.